The van der Waals surface area contributed by atoms with E-state index in [0.717, 1.165) is 10.9 Å². The van der Waals surface area contributed by atoms with E-state index in [1.165, 1.54) is 24.3 Å². The number of hydrogen-bond acceptors (Lipinski definition) is 3. The summed E-state index contributed by atoms with van der Waals surface area (Å²) < 4.78 is 13.4. The fourth-order valence-electron chi connectivity index (χ4n) is 2.89. The van der Waals surface area contributed by atoms with Crippen molar-refractivity contribution in [2.45, 2.75) is 6.54 Å². The van der Waals surface area contributed by atoms with Crippen LogP contribution in [0.2, 0.25) is 0 Å². The van der Waals surface area contributed by atoms with Gasteiger partial charge in [0.2, 0.25) is 5.56 Å². The van der Waals surface area contributed by atoms with Gasteiger partial charge in [-0.1, -0.05) is 24.3 Å². The van der Waals surface area contributed by atoms with Crippen LogP contribution in [-0.2, 0) is 6.54 Å². The molecule has 0 fully saturated rings. The molecule has 2 N–H and O–H groups in total. The highest BCUT2D eigenvalue weighted by Crippen LogP contribution is 2.17. The van der Waals surface area contributed by atoms with Crippen molar-refractivity contribution in [3.8, 4) is 0 Å². The first-order valence-electron chi connectivity index (χ1n) is 8.05. The van der Waals surface area contributed by atoms with E-state index in [4.69, 9.17) is 0 Å². The number of pyridine rings is 2. The van der Waals surface area contributed by atoms with Gasteiger partial charge in [0.25, 0.3) is 5.91 Å². The van der Waals surface area contributed by atoms with Crippen molar-refractivity contribution in [2.75, 3.05) is 0 Å². The Hall–Kier alpha value is -3.54. The summed E-state index contributed by atoms with van der Waals surface area (Å²) in [6.45, 7) is 0.221. The number of carbonyl (C=O) groups is 1. The largest absolute Gasteiger partial charge is 0.346 e. The summed E-state index contributed by atoms with van der Waals surface area (Å²) in [5, 5.41) is 4.27. The lowest BCUT2D eigenvalue weighted by molar-refractivity contribution is 0.0952. The maximum Gasteiger partial charge on any atom is 0.252 e. The van der Waals surface area contributed by atoms with Gasteiger partial charge in [0, 0.05) is 16.8 Å². The molecule has 0 atom stereocenters. The van der Waals surface area contributed by atoms with Crippen LogP contribution in [0.4, 0.5) is 4.39 Å². The molecule has 2 aromatic carbocycles. The van der Waals surface area contributed by atoms with E-state index in [0.29, 0.717) is 11.1 Å². The highest BCUT2D eigenvalue weighted by Gasteiger charge is 2.12. The number of halogens is 1. The molecular formula is C20H14FN3O2. The second-order valence-corrected chi connectivity index (χ2v) is 5.92. The average Bonchev–Trinajstić information content (AvgIpc) is 2.65. The zero-order chi connectivity index (χ0) is 18.1. The van der Waals surface area contributed by atoms with Crippen molar-refractivity contribution in [1.82, 2.24) is 15.3 Å². The predicted molar refractivity (Wildman–Crippen MR) is 97.4 cm³/mol. The standard InChI is InChI=1S/C20H14FN3O2/c21-13-6-8-15-16(10-19(25)24-18(15)9-13)20(26)22-11-14-7-5-12-3-1-2-4-17(12)23-14/h1-10H,11H2,(H,22,26)(H,24,25). The maximum absolute atomic E-state index is 13.4. The molecule has 0 aliphatic heterocycles. The molecule has 0 aliphatic carbocycles. The van der Waals surface area contributed by atoms with Gasteiger partial charge in [-0.3, -0.25) is 14.6 Å². The van der Waals surface area contributed by atoms with Crippen molar-refractivity contribution in [3.63, 3.8) is 0 Å². The van der Waals surface area contributed by atoms with Crippen LogP contribution in [-0.4, -0.2) is 15.9 Å². The van der Waals surface area contributed by atoms with Gasteiger partial charge in [0.1, 0.15) is 5.82 Å². The van der Waals surface area contributed by atoms with Gasteiger partial charge in [-0.25, -0.2) is 4.39 Å². The lowest BCUT2D eigenvalue weighted by Gasteiger charge is -2.08. The second-order valence-electron chi connectivity index (χ2n) is 5.92. The highest BCUT2D eigenvalue weighted by atomic mass is 19.1. The van der Waals surface area contributed by atoms with Gasteiger partial charge in [-0.05, 0) is 30.3 Å². The molecule has 128 valence electrons. The van der Waals surface area contributed by atoms with Gasteiger partial charge in [-0.2, -0.15) is 0 Å². The van der Waals surface area contributed by atoms with E-state index in [1.54, 1.807) is 0 Å². The first-order chi connectivity index (χ1) is 12.6. The molecule has 4 rings (SSSR count). The number of aromatic amines is 1. The normalized spacial score (nSPS) is 11.0. The zero-order valence-corrected chi connectivity index (χ0v) is 13.6. The van der Waals surface area contributed by atoms with Crippen molar-refractivity contribution in [1.29, 1.82) is 0 Å². The zero-order valence-electron chi connectivity index (χ0n) is 13.6. The molecule has 2 aromatic heterocycles. The van der Waals surface area contributed by atoms with Crippen LogP contribution in [0.25, 0.3) is 21.8 Å². The Morgan fingerprint density at radius 2 is 1.92 bits per heavy atom. The van der Waals surface area contributed by atoms with E-state index in [-0.39, 0.29) is 17.6 Å². The van der Waals surface area contributed by atoms with E-state index in [1.807, 2.05) is 36.4 Å². The molecule has 2 heterocycles. The van der Waals surface area contributed by atoms with Crippen LogP contribution in [0.1, 0.15) is 16.1 Å². The van der Waals surface area contributed by atoms with Crippen molar-refractivity contribution in [2.24, 2.45) is 0 Å². The Morgan fingerprint density at radius 3 is 2.81 bits per heavy atom. The third-order valence-electron chi connectivity index (χ3n) is 4.14. The Kier molecular flexibility index (Phi) is 3.93. The summed E-state index contributed by atoms with van der Waals surface area (Å²) in [5.41, 5.74) is 1.57. The molecule has 1 amide bonds. The fraction of sp³-hybridized carbons (Fsp3) is 0.0500. The average molecular weight is 347 g/mol. The summed E-state index contributed by atoms with van der Waals surface area (Å²) in [6, 6.07) is 16.6. The van der Waals surface area contributed by atoms with Crippen molar-refractivity contribution in [3.05, 3.63) is 88.1 Å². The van der Waals surface area contributed by atoms with Gasteiger partial charge in [-0.15, -0.1) is 0 Å². The molecule has 0 unspecified atom stereocenters. The van der Waals surface area contributed by atoms with Gasteiger partial charge >= 0.3 is 0 Å². The number of aromatic nitrogens is 2. The summed E-state index contributed by atoms with van der Waals surface area (Å²) in [6.07, 6.45) is 0. The minimum absolute atomic E-state index is 0.199. The van der Waals surface area contributed by atoms with E-state index in [2.05, 4.69) is 15.3 Å². The lowest BCUT2D eigenvalue weighted by atomic mass is 10.1. The number of carbonyl (C=O) groups excluding carboxylic acids is 1. The number of benzene rings is 2. The van der Waals surface area contributed by atoms with Crippen LogP contribution in [0.15, 0.2) is 65.5 Å². The second kappa shape index (κ2) is 6.40. The van der Waals surface area contributed by atoms with Crippen molar-refractivity contribution >= 4 is 27.7 Å². The van der Waals surface area contributed by atoms with Crippen molar-refractivity contribution < 1.29 is 9.18 Å². The van der Waals surface area contributed by atoms with Crippen LogP contribution in [0, 0.1) is 5.82 Å². The summed E-state index contributed by atoms with van der Waals surface area (Å²) >= 11 is 0. The van der Waals surface area contributed by atoms with Gasteiger partial charge < -0.3 is 10.3 Å². The summed E-state index contributed by atoms with van der Waals surface area (Å²) in [4.78, 5) is 31.3. The molecule has 0 radical (unpaired) electrons. The third-order valence-corrected chi connectivity index (χ3v) is 4.14. The van der Waals surface area contributed by atoms with Crippen LogP contribution in [0.5, 0.6) is 0 Å². The fourth-order valence-corrected chi connectivity index (χ4v) is 2.89. The van der Waals surface area contributed by atoms with Crippen LogP contribution < -0.4 is 10.9 Å². The third kappa shape index (κ3) is 3.04. The number of rotatable bonds is 3. The monoisotopic (exact) mass is 347 g/mol. The van der Waals surface area contributed by atoms with E-state index in [9.17, 15) is 14.0 Å². The first-order valence-corrected chi connectivity index (χ1v) is 8.05. The highest BCUT2D eigenvalue weighted by molar-refractivity contribution is 6.05. The number of nitrogens with one attached hydrogen (secondary N) is 2. The SMILES string of the molecule is O=C(NCc1ccc2ccccc2n1)c1cc(=O)[nH]c2cc(F)ccc12. The van der Waals surface area contributed by atoms with E-state index < -0.39 is 17.3 Å². The molecule has 6 heteroatoms. The number of hydrogen-bond donors (Lipinski definition) is 2. The van der Waals surface area contributed by atoms with Gasteiger partial charge in [0.15, 0.2) is 0 Å². The quantitative estimate of drug-likeness (QED) is 0.598. The molecule has 0 spiro atoms. The predicted octanol–water partition coefficient (Wildman–Crippen LogP) is 3.15. The Morgan fingerprint density at radius 1 is 1.08 bits per heavy atom. The first kappa shape index (κ1) is 16.0. The van der Waals surface area contributed by atoms with Crippen LogP contribution >= 0.6 is 0 Å². The molecule has 0 bridgehead atoms. The number of nitrogens with zero attached hydrogens (tertiary/aromatic N) is 1. The minimum Gasteiger partial charge on any atom is -0.346 e. The topological polar surface area (TPSA) is 74.8 Å². The number of amides is 1. The molecule has 26 heavy (non-hydrogen) atoms. The minimum atomic E-state index is -0.480. The Labute approximate surface area is 147 Å². The Bertz CT molecular complexity index is 1200. The molecule has 4 aromatic rings. The molecule has 0 saturated carbocycles. The lowest BCUT2D eigenvalue weighted by Crippen LogP contribution is -2.25. The Balaban J connectivity index is 1.61. The molecular weight excluding hydrogens is 333 g/mol. The van der Waals surface area contributed by atoms with Gasteiger partial charge in [0.05, 0.1) is 28.8 Å². The summed E-state index contributed by atoms with van der Waals surface area (Å²) in [5.74, 6) is -0.895. The maximum atomic E-state index is 13.4. The number of fused-ring (bicyclic) bond motifs is 2. The number of H-pyrrole nitrogens is 1. The number of para-hydroxylation sites is 1. The summed E-state index contributed by atoms with van der Waals surface area (Å²) in [7, 11) is 0. The molecule has 0 saturated heterocycles. The van der Waals surface area contributed by atoms with E-state index >= 15 is 0 Å². The molecule has 5 nitrogen and oxygen atoms in total. The van der Waals surface area contributed by atoms with Crippen LogP contribution in [0.3, 0.4) is 0 Å². The smallest absolute Gasteiger partial charge is 0.252 e. The molecule has 0 aliphatic rings.